The minimum Gasteiger partial charge on any atom is -0.419 e. The normalized spacial score (nSPS) is 16.6. The zero-order valence-corrected chi connectivity index (χ0v) is 13.8. The zero-order chi connectivity index (χ0) is 19.9. The maximum Gasteiger partial charge on any atom is 0.416 e. The second-order valence-corrected chi connectivity index (χ2v) is 5.82. The van der Waals surface area contributed by atoms with Gasteiger partial charge in [0, 0.05) is 26.1 Å². The van der Waals surface area contributed by atoms with Gasteiger partial charge in [-0.15, -0.1) is 0 Å². The Morgan fingerprint density at radius 3 is 2.19 bits per heavy atom. The van der Waals surface area contributed by atoms with Gasteiger partial charge in [0.2, 0.25) is 0 Å². The van der Waals surface area contributed by atoms with Gasteiger partial charge in [-0.05, 0) is 18.6 Å². The van der Waals surface area contributed by atoms with Gasteiger partial charge in [0.25, 0.3) is 11.5 Å². The minimum atomic E-state index is -4.77. The second-order valence-electron chi connectivity index (χ2n) is 5.82. The first-order valence-electron chi connectivity index (χ1n) is 7.11. The highest BCUT2D eigenvalue weighted by molar-refractivity contribution is 6.15. The topological polar surface area (TPSA) is 108 Å². The molecule has 0 aromatic heterocycles. The van der Waals surface area contributed by atoms with Crippen LogP contribution < -0.4 is 5.32 Å². The van der Waals surface area contributed by atoms with E-state index in [9.17, 15) is 32.9 Å². The predicted molar refractivity (Wildman–Crippen MR) is 80.8 cm³/mol. The van der Waals surface area contributed by atoms with Crippen LogP contribution in [-0.2, 0) is 25.2 Å². The highest BCUT2D eigenvalue weighted by atomic mass is 19.4. The van der Waals surface area contributed by atoms with E-state index in [4.69, 9.17) is 9.47 Å². The number of nitro benzene ring substituents is 1. The summed E-state index contributed by atoms with van der Waals surface area (Å²) in [5.41, 5.74) is -3.24. The molecule has 1 heterocycles. The van der Waals surface area contributed by atoms with Crippen molar-refractivity contribution in [1.29, 1.82) is 0 Å². The average Bonchev–Trinajstić information content (AvgIpc) is 2.43. The number of cyclic esters (lactones) is 2. The molecular weight excluding hydrogens is 361 g/mol. The quantitative estimate of drug-likeness (QED) is 0.285. The minimum absolute atomic E-state index is 0.279. The summed E-state index contributed by atoms with van der Waals surface area (Å²) in [6, 6.07) is 1.26. The third-order valence-electron chi connectivity index (χ3n) is 3.33. The molecule has 2 rings (SSSR count). The Morgan fingerprint density at radius 2 is 1.73 bits per heavy atom. The number of halogens is 3. The van der Waals surface area contributed by atoms with E-state index in [1.165, 1.54) is 13.8 Å². The van der Waals surface area contributed by atoms with Gasteiger partial charge in [-0.1, -0.05) is 0 Å². The molecule has 1 aliphatic rings. The summed E-state index contributed by atoms with van der Waals surface area (Å²) in [6.45, 7) is 3.78. The van der Waals surface area contributed by atoms with Crippen molar-refractivity contribution < 1.29 is 37.2 Å². The van der Waals surface area contributed by atoms with Gasteiger partial charge in [-0.3, -0.25) is 10.1 Å². The van der Waals surface area contributed by atoms with Gasteiger partial charge < -0.3 is 14.8 Å². The number of nitrogens with zero attached hydrogens (tertiary/aromatic N) is 1. The molecule has 1 aliphatic heterocycles. The molecule has 0 radical (unpaired) electrons. The van der Waals surface area contributed by atoms with E-state index in [0.29, 0.717) is 6.07 Å². The first-order valence-corrected chi connectivity index (χ1v) is 7.11. The smallest absolute Gasteiger partial charge is 0.416 e. The number of ether oxygens (including phenoxy) is 2. The third-order valence-corrected chi connectivity index (χ3v) is 3.33. The number of aryl methyl sites for hydroxylation is 1. The van der Waals surface area contributed by atoms with Gasteiger partial charge >= 0.3 is 18.1 Å². The Kier molecular flexibility index (Phi) is 4.67. The molecule has 8 nitrogen and oxygen atoms in total. The fourth-order valence-corrected chi connectivity index (χ4v) is 2.20. The first-order chi connectivity index (χ1) is 11.8. The fraction of sp³-hybridized carbons (Fsp3) is 0.333. The third kappa shape index (κ3) is 3.92. The maximum absolute atomic E-state index is 12.9. The molecule has 0 atom stereocenters. The highest BCUT2D eigenvalue weighted by Gasteiger charge is 2.39. The van der Waals surface area contributed by atoms with Crippen LogP contribution in [0.1, 0.15) is 25.0 Å². The van der Waals surface area contributed by atoms with Crippen molar-refractivity contribution in [2.45, 2.75) is 32.7 Å². The zero-order valence-electron chi connectivity index (χ0n) is 13.8. The second kappa shape index (κ2) is 6.32. The summed E-state index contributed by atoms with van der Waals surface area (Å²) in [6.07, 6.45) is -3.98. The maximum atomic E-state index is 12.9. The van der Waals surface area contributed by atoms with Gasteiger partial charge in [0.1, 0.15) is 5.69 Å². The standard InChI is InChI=1S/C15H13F3N2O6/c1-7-4-10(11(20(23)24)5-9(7)15(16,17)18)19-6-8-12(21)25-14(2,3)26-13(8)22/h4-6,19H,1-3H3. The number of rotatable bonds is 3. The van der Waals surface area contributed by atoms with Crippen molar-refractivity contribution in [1.82, 2.24) is 0 Å². The number of hydrogen-bond donors (Lipinski definition) is 1. The lowest BCUT2D eigenvalue weighted by molar-refractivity contribution is -0.384. The predicted octanol–water partition coefficient (Wildman–Crippen LogP) is 3.05. The Labute approximate surface area is 144 Å². The van der Waals surface area contributed by atoms with E-state index in [1.54, 1.807) is 0 Å². The number of carbonyl (C=O) groups excluding carboxylic acids is 2. The monoisotopic (exact) mass is 374 g/mol. The summed E-state index contributed by atoms with van der Waals surface area (Å²) in [5, 5.41) is 13.4. The summed E-state index contributed by atoms with van der Waals surface area (Å²) < 4.78 is 48.4. The molecule has 1 aromatic carbocycles. The van der Waals surface area contributed by atoms with Crippen LogP contribution in [0.5, 0.6) is 0 Å². The van der Waals surface area contributed by atoms with Crippen molar-refractivity contribution in [3.63, 3.8) is 0 Å². The van der Waals surface area contributed by atoms with E-state index in [2.05, 4.69) is 5.32 Å². The molecule has 0 unspecified atom stereocenters. The van der Waals surface area contributed by atoms with Gasteiger partial charge in [-0.25, -0.2) is 9.59 Å². The molecule has 26 heavy (non-hydrogen) atoms. The van der Waals surface area contributed by atoms with Crippen LogP contribution in [-0.4, -0.2) is 22.6 Å². The molecule has 1 N–H and O–H groups in total. The number of esters is 2. The van der Waals surface area contributed by atoms with Crippen molar-refractivity contribution in [2.75, 3.05) is 5.32 Å². The van der Waals surface area contributed by atoms with Crippen molar-refractivity contribution >= 4 is 23.3 Å². The van der Waals surface area contributed by atoms with Crippen LogP contribution in [0.15, 0.2) is 23.9 Å². The number of alkyl halides is 3. The largest absolute Gasteiger partial charge is 0.419 e. The summed E-state index contributed by atoms with van der Waals surface area (Å²) in [7, 11) is 0. The van der Waals surface area contributed by atoms with E-state index in [-0.39, 0.29) is 11.3 Å². The lowest BCUT2D eigenvalue weighted by Gasteiger charge is -2.29. The first kappa shape index (κ1) is 19.2. The molecule has 11 heteroatoms. The number of carbonyl (C=O) groups is 2. The van der Waals surface area contributed by atoms with Crippen LogP contribution in [0, 0.1) is 17.0 Å². The molecule has 0 saturated carbocycles. The van der Waals surface area contributed by atoms with Crippen LogP contribution in [0.2, 0.25) is 0 Å². The Bertz CT molecular complexity index is 807. The van der Waals surface area contributed by atoms with Crippen LogP contribution >= 0.6 is 0 Å². The Hall–Kier alpha value is -3.11. The molecule has 0 aliphatic carbocycles. The Morgan fingerprint density at radius 1 is 1.19 bits per heavy atom. The SMILES string of the molecule is Cc1cc(NC=C2C(=O)OC(C)(C)OC2=O)c([N+](=O)[O-])cc1C(F)(F)F. The lowest BCUT2D eigenvalue weighted by Crippen LogP contribution is -2.42. The van der Waals surface area contributed by atoms with Crippen LogP contribution in [0.4, 0.5) is 24.5 Å². The van der Waals surface area contributed by atoms with E-state index in [0.717, 1.165) is 19.2 Å². The summed E-state index contributed by atoms with van der Waals surface area (Å²) in [5.74, 6) is -3.54. The lowest BCUT2D eigenvalue weighted by atomic mass is 10.1. The highest BCUT2D eigenvalue weighted by Crippen LogP contribution is 2.37. The van der Waals surface area contributed by atoms with Crippen molar-refractivity contribution in [3.05, 3.63) is 45.1 Å². The number of nitro groups is 1. The summed E-state index contributed by atoms with van der Waals surface area (Å²) >= 11 is 0. The Balaban J connectivity index is 2.41. The molecule has 0 amide bonds. The van der Waals surface area contributed by atoms with E-state index in [1.807, 2.05) is 0 Å². The van der Waals surface area contributed by atoms with Crippen molar-refractivity contribution in [3.8, 4) is 0 Å². The van der Waals surface area contributed by atoms with Gasteiger partial charge in [0.15, 0.2) is 5.57 Å². The van der Waals surface area contributed by atoms with Gasteiger partial charge in [-0.2, -0.15) is 13.2 Å². The van der Waals surface area contributed by atoms with E-state index >= 15 is 0 Å². The molecular formula is C15H13F3N2O6. The average molecular weight is 374 g/mol. The molecule has 1 aromatic rings. The summed E-state index contributed by atoms with van der Waals surface area (Å²) in [4.78, 5) is 33.7. The fourth-order valence-electron chi connectivity index (χ4n) is 2.20. The van der Waals surface area contributed by atoms with E-state index < -0.39 is 45.6 Å². The van der Waals surface area contributed by atoms with Crippen molar-refractivity contribution in [2.24, 2.45) is 0 Å². The number of nitrogens with one attached hydrogen (secondary N) is 1. The molecule has 1 fully saturated rings. The molecule has 140 valence electrons. The number of benzene rings is 1. The van der Waals surface area contributed by atoms with Crippen LogP contribution in [0.25, 0.3) is 0 Å². The van der Waals surface area contributed by atoms with Gasteiger partial charge in [0.05, 0.1) is 10.5 Å². The molecule has 1 saturated heterocycles. The van der Waals surface area contributed by atoms with Crippen LogP contribution in [0.3, 0.4) is 0 Å². The number of anilines is 1. The number of hydrogen-bond acceptors (Lipinski definition) is 7. The molecule has 0 bridgehead atoms. The molecule has 0 spiro atoms.